The molecule has 0 fully saturated rings. The van der Waals surface area contributed by atoms with Crippen molar-refractivity contribution in [1.29, 1.82) is 0 Å². The smallest absolute Gasteiger partial charge is 0.413 e. The van der Waals surface area contributed by atoms with Crippen molar-refractivity contribution in [2.45, 2.75) is 13.8 Å². The number of thiocarbonyl (C=S) groups is 1. The summed E-state index contributed by atoms with van der Waals surface area (Å²) in [4.78, 5) is 11.1. The molecular weight excluding hydrogens is 260 g/mol. The maximum atomic E-state index is 11.1. The second kappa shape index (κ2) is 6.42. The zero-order valence-electron chi connectivity index (χ0n) is 9.54. The number of alkyl carbamates (subject to hydrolysis) is 1. The molecule has 0 atom stereocenters. The van der Waals surface area contributed by atoms with Crippen molar-refractivity contribution in [1.82, 2.24) is 5.32 Å². The normalized spacial score (nSPS) is 9.59. The van der Waals surface area contributed by atoms with E-state index in [2.05, 4.69) is 10.6 Å². The van der Waals surface area contributed by atoms with Crippen molar-refractivity contribution in [3.05, 3.63) is 28.8 Å². The van der Waals surface area contributed by atoms with Gasteiger partial charge >= 0.3 is 6.09 Å². The fourth-order valence-electron chi connectivity index (χ4n) is 1.14. The minimum Gasteiger partial charge on any atom is -0.450 e. The number of benzene rings is 1. The Labute approximate surface area is 110 Å². The van der Waals surface area contributed by atoms with Crippen molar-refractivity contribution in [3.8, 4) is 0 Å². The quantitative estimate of drug-likeness (QED) is 0.813. The minimum absolute atomic E-state index is 0.185. The Bertz CT molecular complexity index is 437. The van der Waals surface area contributed by atoms with E-state index in [0.717, 1.165) is 11.3 Å². The van der Waals surface area contributed by atoms with Crippen LogP contribution >= 0.6 is 23.8 Å². The van der Waals surface area contributed by atoms with Gasteiger partial charge in [-0.2, -0.15) is 0 Å². The summed E-state index contributed by atoms with van der Waals surface area (Å²) in [6, 6.07) is 5.36. The summed E-state index contributed by atoms with van der Waals surface area (Å²) >= 11 is 10.8. The fourth-order valence-corrected chi connectivity index (χ4v) is 1.46. The largest absolute Gasteiger partial charge is 0.450 e. The number of aryl methyl sites for hydroxylation is 1. The van der Waals surface area contributed by atoms with Gasteiger partial charge in [0, 0.05) is 10.7 Å². The maximum Gasteiger partial charge on any atom is 0.413 e. The van der Waals surface area contributed by atoms with E-state index in [0.29, 0.717) is 11.6 Å². The average Bonchev–Trinajstić information content (AvgIpc) is 2.23. The zero-order chi connectivity index (χ0) is 12.8. The molecule has 1 amide bonds. The van der Waals surface area contributed by atoms with Crippen LogP contribution in [-0.4, -0.2) is 17.8 Å². The van der Waals surface area contributed by atoms with E-state index in [1.54, 1.807) is 19.1 Å². The number of hydrogen-bond acceptors (Lipinski definition) is 3. The van der Waals surface area contributed by atoms with E-state index in [9.17, 15) is 4.79 Å². The molecule has 0 aromatic heterocycles. The maximum absolute atomic E-state index is 11.1. The number of anilines is 1. The number of nitrogens with one attached hydrogen (secondary N) is 2. The summed E-state index contributed by atoms with van der Waals surface area (Å²) in [5, 5.41) is 6.12. The third-order valence-corrected chi connectivity index (χ3v) is 2.54. The number of halogens is 1. The standard InChI is InChI=1S/C11H13ClN2O2S/c1-3-16-11(15)14-10(17)13-8-4-5-9(12)7(2)6-8/h4-6H,3H2,1-2H3,(H2,13,14,15,17). The summed E-state index contributed by atoms with van der Waals surface area (Å²) in [5.41, 5.74) is 1.68. The molecule has 0 aliphatic rings. The molecule has 92 valence electrons. The van der Waals surface area contributed by atoms with Crippen LogP contribution in [0.3, 0.4) is 0 Å². The molecule has 0 aliphatic carbocycles. The van der Waals surface area contributed by atoms with Crippen molar-refractivity contribution >= 4 is 40.7 Å². The van der Waals surface area contributed by atoms with Crippen LogP contribution in [0.4, 0.5) is 10.5 Å². The first-order chi connectivity index (χ1) is 8.02. The molecule has 0 radical (unpaired) electrons. The Morgan fingerprint density at radius 2 is 2.24 bits per heavy atom. The number of carbonyl (C=O) groups is 1. The summed E-state index contributed by atoms with van der Waals surface area (Å²) < 4.78 is 4.69. The lowest BCUT2D eigenvalue weighted by molar-refractivity contribution is 0.158. The van der Waals surface area contributed by atoms with Crippen LogP contribution in [0.25, 0.3) is 0 Å². The number of carbonyl (C=O) groups excluding carboxylic acids is 1. The molecular formula is C11H13ClN2O2S. The highest BCUT2D eigenvalue weighted by atomic mass is 35.5. The first kappa shape index (κ1) is 13.7. The Morgan fingerprint density at radius 1 is 1.53 bits per heavy atom. The summed E-state index contributed by atoms with van der Waals surface area (Å²) in [6.45, 7) is 3.91. The van der Waals surface area contributed by atoms with E-state index >= 15 is 0 Å². The molecule has 0 saturated heterocycles. The number of hydrogen-bond donors (Lipinski definition) is 2. The Morgan fingerprint density at radius 3 is 2.82 bits per heavy atom. The Kier molecular flexibility index (Phi) is 5.18. The summed E-state index contributed by atoms with van der Waals surface area (Å²) in [5.74, 6) is 0. The first-order valence-corrected chi connectivity index (χ1v) is 5.82. The molecule has 1 rings (SSSR count). The second-order valence-electron chi connectivity index (χ2n) is 3.26. The van der Waals surface area contributed by atoms with Gasteiger partial charge in [0.15, 0.2) is 5.11 Å². The van der Waals surface area contributed by atoms with Crippen LogP contribution in [0.1, 0.15) is 12.5 Å². The van der Waals surface area contributed by atoms with Crippen molar-refractivity contribution in [2.75, 3.05) is 11.9 Å². The molecule has 0 aliphatic heterocycles. The van der Waals surface area contributed by atoms with E-state index in [1.807, 2.05) is 13.0 Å². The number of ether oxygens (including phenoxy) is 1. The van der Waals surface area contributed by atoms with Crippen LogP contribution in [0.5, 0.6) is 0 Å². The van der Waals surface area contributed by atoms with Gasteiger partial charge < -0.3 is 10.1 Å². The monoisotopic (exact) mass is 272 g/mol. The van der Waals surface area contributed by atoms with Crippen LogP contribution < -0.4 is 10.6 Å². The molecule has 0 bridgehead atoms. The fraction of sp³-hybridized carbons (Fsp3) is 0.273. The van der Waals surface area contributed by atoms with Crippen molar-refractivity contribution in [2.24, 2.45) is 0 Å². The molecule has 0 spiro atoms. The Hall–Kier alpha value is -1.33. The highest BCUT2D eigenvalue weighted by Crippen LogP contribution is 2.19. The lowest BCUT2D eigenvalue weighted by atomic mass is 10.2. The van der Waals surface area contributed by atoms with Crippen molar-refractivity contribution < 1.29 is 9.53 Å². The number of amides is 1. The van der Waals surface area contributed by atoms with Gasteiger partial charge in [-0.25, -0.2) is 4.79 Å². The van der Waals surface area contributed by atoms with Gasteiger partial charge in [-0.15, -0.1) is 0 Å². The predicted molar refractivity (Wildman–Crippen MR) is 72.6 cm³/mol. The predicted octanol–water partition coefficient (Wildman–Crippen LogP) is 3.09. The summed E-state index contributed by atoms with van der Waals surface area (Å²) in [6.07, 6.45) is -0.573. The van der Waals surface area contributed by atoms with E-state index in [1.165, 1.54) is 0 Å². The van der Waals surface area contributed by atoms with Crippen LogP contribution in [0, 0.1) is 6.92 Å². The van der Waals surface area contributed by atoms with E-state index < -0.39 is 6.09 Å². The molecule has 4 nitrogen and oxygen atoms in total. The molecule has 1 aromatic rings. The van der Waals surface area contributed by atoms with E-state index in [-0.39, 0.29) is 5.11 Å². The third kappa shape index (κ3) is 4.58. The lowest BCUT2D eigenvalue weighted by Crippen LogP contribution is -2.34. The topological polar surface area (TPSA) is 50.4 Å². The van der Waals surface area contributed by atoms with Gasteiger partial charge in [0.25, 0.3) is 0 Å². The molecule has 17 heavy (non-hydrogen) atoms. The van der Waals surface area contributed by atoms with E-state index in [4.69, 9.17) is 28.6 Å². The van der Waals surface area contributed by atoms with Crippen LogP contribution in [0.2, 0.25) is 5.02 Å². The van der Waals surface area contributed by atoms with Crippen LogP contribution in [-0.2, 0) is 4.74 Å². The first-order valence-electron chi connectivity index (χ1n) is 5.04. The Balaban J connectivity index is 2.56. The van der Waals surface area contributed by atoms with Gasteiger partial charge in [-0.3, -0.25) is 5.32 Å². The van der Waals surface area contributed by atoms with Crippen LogP contribution in [0.15, 0.2) is 18.2 Å². The molecule has 0 heterocycles. The summed E-state index contributed by atoms with van der Waals surface area (Å²) in [7, 11) is 0. The van der Waals surface area contributed by atoms with Gasteiger partial charge in [0.2, 0.25) is 0 Å². The molecule has 0 saturated carbocycles. The van der Waals surface area contributed by atoms with Crippen molar-refractivity contribution in [3.63, 3.8) is 0 Å². The molecule has 2 N–H and O–H groups in total. The molecule has 6 heteroatoms. The average molecular weight is 273 g/mol. The van der Waals surface area contributed by atoms with Gasteiger partial charge in [-0.1, -0.05) is 11.6 Å². The lowest BCUT2D eigenvalue weighted by Gasteiger charge is -2.10. The van der Waals surface area contributed by atoms with Gasteiger partial charge in [0.05, 0.1) is 6.61 Å². The number of rotatable bonds is 2. The molecule has 0 unspecified atom stereocenters. The minimum atomic E-state index is -0.573. The van der Waals surface area contributed by atoms with Gasteiger partial charge in [-0.05, 0) is 49.8 Å². The highest BCUT2D eigenvalue weighted by molar-refractivity contribution is 7.80. The zero-order valence-corrected chi connectivity index (χ0v) is 11.1. The van der Waals surface area contributed by atoms with Gasteiger partial charge in [0.1, 0.15) is 0 Å². The molecule has 1 aromatic carbocycles. The second-order valence-corrected chi connectivity index (χ2v) is 4.08. The third-order valence-electron chi connectivity index (χ3n) is 1.91. The highest BCUT2D eigenvalue weighted by Gasteiger charge is 2.05. The SMILES string of the molecule is CCOC(=O)NC(=S)Nc1ccc(Cl)c(C)c1.